The number of aromatic hydroxyl groups is 1. The van der Waals surface area contributed by atoms with Gasteiger partial charge < -0.3 is 5.11 Å². The Hall–Kier alpha value is -3.36. The van der Waals surface area contributed by atoms with Crippen LogP contribution in [0.1, 0.15) is 21.5 Å². The van der Waals surface area contributed by atoms with Gasteiger partial charge in [0, 0.05) is 6.54 Å². The van der Waals surface area contributed by atoms with Crippen LogP contribution in [0.2, 0.25) is 0 Å². The van der Waals surface area contributed by atoms with Crippen LogP contribution >= 0.6 is 0 Å². The number of rotatable bonds is 5. The van der Waals surface area contributed by atoms with Crippen LogP contribution in [0.4, 0.5) is 13.2 Å². The van der Waals surface area contributed by atoms with Crippen molar-refractivity contribution in [2.24, 2.45) is 0 Å². The van der Waals surface area contributed by atoms with Crippen molar-refractivity contribution in [2.75, 3.05) is 0 Å². The second kappa shape index (κ2) is 7.26. The van der Waals surface area contributed by atoms with E-state index in [2.05, 4.69) is 6.58 Å². The van der Waals surface area contributed by atoms with Crippen molar-refractivity contribution < 1.29 is 23.1 Å². The largest absolute Gasteiger partial charge is 0.494 e. The summed E-state index contributed by atoms with van der Waals surface area (Å²) in [6.45, 7) is 3.20. The predicted molar refractivity (Wildman–Crippen MR) is 88.0 cm³/mol. The summed E-state index contributed by atoms with van der Waals surface area (Å²) in [7, 11) is 0. The maximum atomic E-state index is 12.9. The number of halogens is 3. The Labute approximate surface area is 144 Å². The van der Waals surface area contributed by atoms with E-state index in [1.54, 1.807) is 0 Å². The number of nitrogens with zero attached hydrogens (tertiary/aromatic N) is 1. The number of allylic oxidation sites excluding steroid dienone is 2. The molecule has 26 heavy (non-hydrogen) atoms. The summed E-state index contributed by atoms with van der Waals surface area (Å²) in [5, 5.41) is 9.99. The molecule has 2 N–H and O–H groups in total. The van der Waals surface area contributed by atoms with Crippen molar-refractivity contribution in [3.8, 4) is 5.88 Å². The van der Waals surface area contributed by atoms with E-state index >= 15 is 0 Å². The zero-order valence-corrected chi connectivity index (χ0v) is 13.2. The summed E-state index contributed by atoms with van der Waals surface area (Å²) < 4.78 is 39.5. The lowest BCUT2D eigenvalue weighted by molar-refractivity contribution is -0.137. The quantitative estimate of drug-likeness (QED) is 0.483. The summed E-state index contributed by atoms with van der Waals surface area (Å²) in [5.41, 5.74) is -4.10. The molecule has 0 radical (unpaired) electrons. The molecular formula is C17H13F3N2O4. The number of aromatic nitrogens is 2. The summed E-state index contributed by atoms with van der Waals surface area (Å²) >= 11 is 0. The maximum Gasteiger partial charge on any atom is 0.416 e. The van der Waals surface area contributed by atoms with Crippen molar-refractivity contribution in [2.45, 2.75) is 12.7 Å². The molecule has 0 aliphatic rings. The Kier molecular flexibility index (Phi) is 5.30. The van der Waals surface area contributed by atoms with Gasteiger partial charge >= 0.3 is 11.9 Å². The third-order valence-electron chi connectivity index (χ3n) is 3.41. The fraction of sp³-hybridized carbons (Fsp3) is 0.118. The molecule has 0 aliphatic heterocycles. The topological polar surface area (TPSA) is 92.2 Å². The van der Waals surface area contributed by atoms with E-state index in [1.165, 1.54) is 18.2 Å². The average molecular weight is 366 g/mol. The molecular weight excluding hydrogens is 353 g/mol. The van der Waals surface area contributed by atoms with Crippen LogP contribution in [-0.4, -0.2) is 20.4 Å². The number of hydrogen-bond acceptors (Lipinski definition) is 4. The number of alkyl halides is 3. The zero-order chi connectivity index (χ0) is 19.5. The van der Waals surface area contributed by atoms with Crippen molar-refractivity contribution in [3.63, 3.8) is 0 Å². The highest BCUT2D eigenvalue weighted by atomic mass is 19.4. The van der Waals surface area contributed by atoms with Crippen LogP contribution in [0.25, 0.3) is 6.08 Å². The van der Waals surface area contributed by atoms with E-state index in [-0.39, 0.29) is 12.1 Å². The lowest BCUT2D eigenvalue weighted by atomic mass is 10.1. The number of nitrogens with one attached hydrogen (secondary N) is 1. The standard InChI is InChI=1S/C17H13F3N2O4/c1-2-9-22-15(25)13(14(24)21-16(22)26)12(23)8-7-10-5-3-4-6-11(10)17(18,19)20/h2-8,25H,1,9H2,(H,21,24,26). The third-order valence-corrected chi connectivity index (χ3v) is 3.41. The first-order valence-electron chi connectivity index (χ1n) is 7.22. The number of hydrogen-bond donors (Lipinski definition) is 2. The first-order valence-corrected chi connectivity index (χ1v) is 7.22. The fourth-order valence-corrected chi connectivity index (χ4v) is 2.23. The molecule has 1 heterocycles. The maximum absolute atomic E-state index is 12.9. The fourth-order valence-electron chi connectivity index (χ4n) is 2.23. The molecule has 9 heteroatoms. The summed E-state index contributed by atoms with van der Waals surface area (Å²) in [5.74, 6) is -1.95. The van der Waals surface area contributed by atoms with E-state index in [4.69, 9.17) is 0 Å². The number of ketones is 1. The molecule has 0 fully saturated rings. The molecule has 0 atom stereocenters. The highest BCUT2D eigenvalue weighted by Crippen LogP contribution is 2.32. The van der Waals surface area contributed by atoms with E-state index in [9.17, 15) is 32.7 Å². The molecule has 0 amide bonds. The number of carbonyl (C=O) groups excluding carboxylic acids is 1. The minimum atomic E-state index is -4.62. The van der Waals surface area contributed by atoms with Crippen LogP contribution in [0.5, 0.6) is 5.88 Å². The second-order valence-electron chi connectivity index (χ2n) is 5.14. The van der Waals surface area contributed by atoms with Crippen LogP contribution in [-0.2, 0) is 12.7 Å². The summed E-state index contributed by atoms with van der Waals surface area (Å²) in [4.78, 5) is 37.5. The Balaban J connectivity index is 2.48. The second-order valence-corrected chi connectivity index (χ2v) is 5.14. The molecule has 1 aromatic heterocycles. The average Bonchev–Trinajstić information content (AvgIpc) is 2.56. The van der Waals surface area contributed by atoms with E-state index in [0.29, 0.717) is 4.57 Å². The van der Waals surface area contributed by atoms with Gasteiger partial charge in [-0.05, 0) is 17.7 Å². The Bertz CT molecular complexity index is 1000. The van der Waals surface area contributed by atoms with Crippen LogP contribution in [0.15, 0.2) is 52.6 Å². The molecule has 2 rings (SSSR count). The minimum Gasteiger partial charge on any atom is -0.494 e. The van der Waals surface area contributed by atoms with Gasteiger partial charge in [0.25, 0.3) is 5.56 Å². The van der Waals surface area contributed by atoms with Gasteiger partial charge in [-0.15, -0.1) is 6.58 Å². The number of benzene rings is 1. The Morgan fingerprint density at radius 3 is 2.54 bits per heavy atom. The molecule has 6 nitrogen and oxygen atoms in total. The van der Waals surface area contributed by atoms with Gasteiger partial charge in [0.2, 0.25) is 5.88 Å². The van der Waals surface area contributed by atoms with Crippen molar-refractivity contribution in [1.29, 1.82) is 0 Å². The lowest BCUT2D eigenvalue weighted by Gasteiger charge is -2.10. The smallest absolute Gasteiger partial charge is 0.416 e. The summed E-state index contributed by atoms with van der Waals surface area (Å²) in [6.07, 6.45) is -1.77. The van der Waals surface area contributed by atoms with Gasteiger partial charge in [-0.2, -0.15) is 13.2 Å². The van der Waals surface area contributed by atoms with Gasteiger partial charge in [0.05, 0.1) is 5.56 Å². The molecule has 0 bridgehead atoms. The van der Waals surface area contributed by atoms with Crippen LogP contribution in [0.3, 0.4) is 0 Å². The molecule has 0 saturated heterocycles. The van der Waals surface area contributed by atoms with Gasteiger partial charge in [-0.25, -0.2) is 4.79 Å². The minimum absolute atomic E-state index is 0.178. The normalized spacial score (nSPS) is 11.7. The Morgan fingerprint density at radius 2 is 1.92 bits per heavy atom. The Morgan fingerprint density at radius 1 is 1.27 bits per heavy atom. The number of aromatic amines is 1. The van der Waals surface area contributed by atoms with E-state index in [1.807, 2.05) is 4.98 Å². The van der Waals surface area contributed by atoms with E-state index in [0.717, 1.165) is 24.3 Å². The molecule has 136 valence electrons. The number of carbonyl (C=O) groups is 1. The van der Waals surface area contributed by atoms with Gasteiger partial charge in [0.15, 0.2) is 5.78 Å². The molecule has 0 aliphatic carbocycles. The lowest BCUT2D eigenvalue weighted by Crippen LogP contribution is -2.33. The first-order chi connectivity index (χ1) is 12.2. The molecule has 0 spiro atoms. The molecule has 0 unspecified atom stereocenters. The van der Waals surface area contributed by atoms with Gasteiger partial charge in [-0.1, -0.05) is 30.4 Å². The molecule has 1 aromatic carbocycles. The van der Waals surface area contributed by atoms with Crippen molar-refractivity contribution in [3.05, 3.63) is 80.5 Å². The van der Waals surface area contributed by atoms with Crippen molar-refractivity contribution >= 4 is 11.9 Å². The zero-order valence-electron chi connectivity index (χ0n) is 13.2. The highest BCUT2D eigenvalue weighted by Gasteiger charge is 2.32. The van der Waals surface area contributed by atoms with Crippen LogP contribution in [0, 0.1) is 0 Å². The third kappa shape index (κ3) is 3.82. The SMILES string of the molecule is C=CCn1c(O)c(C(=O)C=Cc2ccccc2C(F)(F)F)c(=O)[nH]c1=O. The molecule has 0 saturated carbocycles. The van der Waals surface area contributed by atoms with Crippen molar-refractivity contribution in [1.82, 2.24) is 9.55 Å². The first kappa shape index (κ1) is 19.0. The van der Waals surface area contributed by atoms with Gasteiger partial charge in [0.1, 0.15) is 5.56 Å². The summed E-state index contributed by atoms with van der Waals surface area (Å²) in [6, 6.07) is 4.55. The van der Waals surface area contributed by atoms with Gasteiger partial charge in [-0.3, -0.25) is 19.1 Å². The monoisotopic (exact) mass is 366 g/mol. The van der Waals surface area contributed by atoms with Crippen LogP contribution < -0.4 is 11.2 Å². The molecule has 2 aromatic rings. The predicted octanol–water partition coefficient (Wildman–Crippen LogP) is 2.34. The van der Waals surface area contributed by atoms with E-state index < -0.39 is 40.2 Å². The highest BCUT2D eigenvalue weighted by molar-refractivity contribution is 6.08. The number of H-pyrrole nitrogens is 1.